The Balaban J connectivity index is 2.90. The first-order chi connectivity index (χ1) is 7.04. The molecule has 0 fully saturated rings. The first-order valence-corrected chi connectivity index (χ1v) is 5.76. The molecule has 82 valence electrons. The smallest absolute Gasteiger partial charge is 0.375 e. The molecule has 0 heterocycles. The van der Waals surface area contributed by atoms with E-state index in [4.69, 9.17) is 4.18 Å². The first-order valence-electron chi connectivity index (χ1n) is 4.61. The number of aryl methyl sites for hydroxylation is 2. The minimum absolute atomic E-state index is 0.354. The van der Waals surface area contributed by atoms with E-state index < -0.39 is 0 Å². The summed E-state index contributed by atoms with van der Waals surface area (Å²) in [5.74, 6) is 0. The molecule has 0 unspecified atom stereocenters. The third-order valence-corrected chi connectivity index (χ3v) is 2.33. The average molecular weight is 225 g/mol. The summed E-state index contributed by atoms with van der Waals surface area (Å²) in [6, 6.07) is 5.97. The Morgan fingerprint density at radius 2 is 1.80 bits per heavy atom. The van der Waals surface area contributed by atoms with E-state index in [1.807, 2.05) is 26.0 Å². The molecule has 0 saturated carbocycles. The standard InChI is InChI=1S/C11H15NO2S/c1-8-5-9(2)7-10(6-8)12(3)11(13)14-15-4/h5-7H,1-4H3. The summed E-state index contributed by atoms with van der Waals surface area (Å²) >= 11 is 1.05. The maximum absolute atomic E-state index is 11.4. The molecule has 0 aliphatic heterocycles. The minimum Gasteiger partial charge on any atom is -0.375 e. The van der Waals surface area contributed by atoms with Crippen molar-refractivity contribution in [2.75, 3.05) is 18.2 Å². The summed E-state index contributed by atoms with van der Waals surface area (Å²) in [6.45, 7) is 4.01. The molecule has 0 saturated heterocycles. The number of benzene rings is 1. The summed E-state index contributed by atoms with van der Waals surface area (Å²) in [4.78, 5) is 12.9. The van der Waals surface area contributed by atoms with Crippen molar-refractivity contribution in [2.24, 2.45) is 0 Å². The van der Waals surface area contributed by atoms with Crippen LogP contribution < -0.4 is 4.90 Å². The van der Waals surface area contributed by atoms with Crippen molar-refractivity contribution in [3.63, 3.8) is 0 Å². The van der Waals surface area contributed by atoms with Gasteiger partial charge in [-0.3, -0.25) is 4.90 Å². The predicted molar refractivity (Wildman–Crippen MR) is 64.3 cm³/mol. The van der Waals surface area contributed by atoms with Crippen LogP contribution in [0.5, 0.6) is 0 Å². The molecule has 1 amide bonds. The van der Waals surface area contributed by atoms with Gasteiger partial charge in [0.15, 0.2) is 0 Å². The van der Waals surface area contributed by atoms with E-state index in [0.717, 1.165) is 28.9 Å². The second-order valence-corrected chi connectivity index (χ2v) is 3.92. The molecule has 1 rings (SSSR count). The van der Waals surface area contributed by atoms with Gasteiger partial charge in [-0.05, 0) is 37.1 Å². The topological polar surface area (TPSA) is 29.5 Å². The Bertz CT molecular complexity index is 345. The fraction of sp³-hybridized carbons (Fsp3) is 0.364. The number of hydrogen-bond donors (Lipinski definition) is 0. The third kappa shape index (κ3) is 3.16. The van der Waals surface area contributed by atoms with Crippen LogP contribution in [0.4, 0.5) is 10.5 Å². The quantitative estimate of drug-likeness (QED) is 0.724. The number of hydrogen-bond acceptors (Lipinski definition) is 3. The largest absolute Gasteiger partial charge is 0.426 e. The second kappa shape index (κ2) is 5.07. The van der Waals surface area contributed by atoms with Gasteiger partial charge in [-0.15, -0.1) is 0 Å². The molecule has 1 aromatic carbocycles. The van der Waals surface area contributed by atoms with Crippen LogP contribution in [0.1, 0.15) is 11.1 Å². The number of amides is 1. The highest BCUT2D eigenvalue weighted by Crippen LogP contribution is 2.18. The van der Waals surface area contributed by atoms with E-state index >= 15 is 0 Å². The van der Waals surface area contributed by atoms with E-state index in [-0.39, 0.29) is 6.09 Å². The van der Waals surface area contributed by atoms with Crippen LogP contribution >= 0.6 is 12.0 Å². The van der Waals surface area contributed by atoms with Gasteiger partial charge in [-0.2, -0.15) is 0 Å². The molecule has 15 heavy (non-hydrogen) atoms. The molecule has 0 atom stereocenters. The van der Waals surface area contributed by atoms with E-state index in [0.29, 0.717) is 0 Å². The van der Waals surface area contributed by atoms with Crippen LogP contribution in [0.15, 0.2) is 18.2 Å². The Morgan fingerprint density at radius 3 is 2.27 bits per heavy atom. The number of carbonyl (C=O) groups is 1. The molecule has 0 aromatic heterocycles. The Hall–Kier alpha value is -1.16. The zero-order chi connectivity index (χ0) is 11.4. The number of rotatable bonds is 2. The molecule has 0 aliphatic carbocycles. The lowest BCUT2D eigenvalue weighted by Crippen LogP contribution is -2.25. The highest BCUT2D eigenvalue weighted by molar-refractivity contribution is 7.94. The molecule has 0 N–H and O–H groups in total. The maximum Gasteiger partial charge on any atom is 0.426 e. The van der Waals surface area contributed by atoms with E-state index in [1.165, 1.54) is 4.90 Å². The van der Waals surface area contributed by atoms with Gasteiger partial charge in [0, 0.05) is 19.0 Å². The second-order valence-electron chi connectivity index (χ2n) is 3.42. The van der Waals surface area contributed by atoms with Gasteiger partial charge in [0.2, 0.25) is 0 Å². The number of nitrogens with zero attached hydrogens (tertiary/aromatic N) is 1. The number of anilines is 1. The molecular weight excluding hydrogens is 210 g/mol. The summed E-state index contributed by atoms with van der Waals surface area (Å²) in [5.41, 5.74) is 3.12. The SMILES string of the molecule is CSOC(=O)N(C)c1cc(C)cc(C)c1. The van der Waals surface area contributed by atoms with Crippen LogP contribution in [-0.2, 0) is 4.18 Å². The van der Waals surface area contributed by atoms with Gasteiger partial charge < -0.3 is 4.18 Å². The van der Waals surface area contributed by atoms with Crippen LogP contribution in [-0.4, -0.2) is 19.4 Å². The fourth-order valence-electron chi connectivity index (χ4n) is 1.38. The first kappa shape index (κ1) is 11.9. The lowest BCUT2D eigenvalue weighted by atomic mass is 10.1. The van der Waals surface area contributed by atoms with Crippen LogP contribution in [0.25, 0.3) is 0 Å². The van der Waals surface area contributed by atoms with Crippen molar-refractivity contribution in [3.8, 4) is 0 Å². The normalized spacial score (nSPS) is 9.87. The molecule has 0 aliphatic rings. The van der Waals surface area contributed by atoms with E-state index in [2.05, 4.69) is 6.07 Å². The Labute approximate surface area is 94.6 Å². The Kier molecular flexibility index (Phi) is 4.03. The molecule has 3 nitrogen and oxygen atoms in total. The maximum atomic E-state index is 11.4. The van der Waals surface area contributed by atoms with Crippen molar-refractivity contribution < 1.29 is 8.98 Å². The minimum atomic E-state index is -0.354. The summed E-state index contributed by atoms with van der Waals surface area (Å²) in [6.07, 6.45) is 1.36. The van der Waals surface area contributed by atoms with Crippen molar-refractivity contribution in [1.82, 2.24) is 0 Å². The molecule has 0 radical (unpaired) electrons. The van der Waals surface area contributed by atoms with Crippen LogP contribution in [0, 0.1) is 13.8 Å². The predicted octanol–water partition coefficient (Wildman–Crippen LogP) is 3.15. The molecular formula is C11H15NO2S. The van der Waals surface area contributed by atoms with Gasteiger partial charge in [-0.1, -0.05) is 6.07 Å². The monoisotopic (exact) mass is 225 g/mol. The zero-order valence-corrected chi connectivity index (χ0v) is 10.2. The van der Waals surface area contributed by atoms with Crippen LogP contribution in [0.3, 0.4) is 0 Å². The fourth-order valence-corrected chi connectivity index (χ4v) is 1.63. The van der Waals surface area contributed by atoms with E-state index in [9.17, 15) is 4.79 Å². The van der Waals surface area contributed by atoms with E-state index in [1.54, 1.807) is 13.3 Å². The van der Waals surface area contributed by atoms with Gasteiger partial charge >= 0.3 is 6.09 Å². The van der Waals surface area contributed by atoms with Crippen molar-refractivity contribution in [2.45, 2.75) is 13.8 Å². The lowest BCUT2D eigenvalue weighted by Gasteiger charge is -2.16. The summed E-state index contributed by atoms with van der Waals surface area (Å²) < 4.78 is 4.84. The molecule has 0 spiro atoms. The van der Waals surface area contributed by atoms with Gasteiger partial charge in [0.1, 0.15) is 0 Å². The summed E-state index contributed by atoms with van der Waals surface area (Å²) in [5, 5.41) is 0. The Morgan fingerprint density at radius 1 is 1.27 bits per heavy atom. The highest BCUT2D eigenvalue weighted by atomic mass is 32.2. The third-order valence-electron chi connectivity index (χ3n) is 2.02. The van der Waals surface area contributed by atoms with Crippen LogP contribution in [0.2, 0.25) is 0 Å². The molecule has 4 heteroatoms. The molecule has 0 bridgehead atoms. The lowest BCUT2D eigenvalue weighted by molar-refractivity contribution is 0.217. The van der Waals surface area contributed by atoms with Gasteiger partial charge in [0.25, 0.3) is 0 Å². The van der Waals surface area contributed by atoms with Gasteiger partial charge in [0.05, 0.1) is 12.0 Å². The summed E-state index contributed by atoms with van der Waals surface area (Å²) in [7, 11) is 1.70. The van der Waals surface area contributed by atoms with Gasteiger partial charge in [-0.25, -0.2) is 4.79 Å². The van der Waals surface area contributed by atoms with Crippen molar-refractivity contribution in [1.29, 1.82) is 0 Å². The van der Waals surface area contributed by atoms with Crippen molar-refractivity contribution in [3.05, 3.63) is 29.3 Å². The molecule has 1 aromatic rings. The number of carbonyl (C=O) groups excluding carboxylic acids is 1. The zero-order valence-electron chi connectivity index (χ0n) is 9.40. The highest BCUT2D eigenvalue weighted by Gasteiger charge is 2.12. The van der Waals surface area contributed by atoms with Crippen molar-refractivity contribution >= 4 is 23.8 Å². The average Bonchev–Trinajstić information content (AvgIpc) is 2.15.